The summed E-state index contributed by atoms with van der Waals surface area (Å²) in [6, 6.07) is 7.83. The number of anilines is 1. The summed E-state index contributed by atoms with van der Waals surface area (Å²) >= 11 is 0. The van der Waals surface area contributed by atoms with Gasteiger partial charge in [-0.2, -0.15) is 0 Å². The fraction of sp³-hybridized carbons (Fsp3) is 0.625. The van der Waals surface area contributed by atoms with Gasteiger partial charge in [0.05, 0.1) is 5.69 Å². The first-order valence-corrected chi connectivity index (χ1v) is 7.45. The molecule has 3 N–H and O–H groups in total. The monoisotopic (exact) mass is 278 g/mol. The molecule has 0 bridgehead atoms. The average Bonchev–Trinajstić information content (AvgIpc) is 3.21. The zero-order valence-corrected chi connectivity index (χ0v) is 12.5. The first-order valence-electron chi connectivity index (χ1n) is 7.45. The lowest BCUT2D eigenvalue weighted by molar-refractivity contribution is 0.0558. The molecule has 0 aromatic heterocycles. The number of nitrogens with two attached hydrogens (primary N) is 1. The topological polar surface area (TPSA) is 58.7 Å². The van der Waals surface area contributed by atoms with Crippen LogP contribution in [0.1, 0.15) is 26.7 Å². The van der Waals surface area contributed by atoms with Crippen molar-refractivity contribution in [3.63, 3.8) is 0 Å². The molecule has 20 heavy (non-hydrogen) atoms. The summed E-state index contributed by atoms with van der Waals surface area (Å²) in [6.07, 6.45) is 2.17. The van der Waals surface area contributed by atoms with Gasteiger partial charge in [0.2, 0.25) is 0 Å². The van der Waals surface area contributed by atoms with Gasteiger partial charge < -0.3 is 15.6 Å². The summed E-state index contributed by atoms with van der Waals surface area (Å²) in [6.45, 7) is 6.36. The molecule has 1 saturated carbocycles. The Hall–Kier alpha value is -1.26. The molecule has 0 amide bonds. The molecule has 1 unspecified atom stereocenters. The van der Waals surface area contributed by atoms with Gasteiger partial charge in [0.25, 0.3) is 0 Å². The molecule has 0 radical (unpaired) electrons. The van der Waals surface area contributed by atoms with Gasteiger partial charge >= 0.3 is 0 Å². The third kappa shape index (κ3) is 4.69. The second-order valence-corrected chi connectivity index (χ2v) is 5.99. The maximum atomic E-state index is 10.1. The Kier molecular flexibility index (Phi) is 5.26. The highest BCUT2D eigenvalue weighted by Gasteiger charge is 2.26. The summed E-state index contributed by atoms with van der Waals surface area (Å²) < 4.78 is 5.60. The van der Waals surface area contributed by atoms with Crippen LogP contribution in [0.15, 0.2) is 24.3 Å². The molecular formula is C16H26N2O2. The molecule has 4 heteroatoms. The number of hydrogen-bond acceptors (Lipinski definition) is 4. The second-order valence-electron chi connectivity index (χ2n) is 5.99. The normalized spacial score (nSPS) is 16.6. The molecule has 4 nitrogen and oxygen atoms in total. The third-order valence-corrected chi connectivity index (χ3v) is 3.72. The fourth-order valence-electron chi connectivity index (χ4n) is 2.25. The molecule has 1 aromatic carbocycles. The van der Waals surface area contributed by atoms with Gasteiger partial charge in [-0.05, 0) is 44.7 Å². The number of aliphatic hydroxyl groups excluding tert-OH is 1. The van der Waals surface area contributed by atoms with Crippen molar-refractivity contribution in [2.24, 2.45) is 5.92 Å². The lowest BCUT2D eigenvalue weighted by Crippen LogP contribution is -2.41. The Labute approximate surface area is 121 Å². The van der Waals surface area contributed by atoms with E-state index in [-0.39, 0.29) is 6.61 Å². The summed E-state index contributed by atoms with van der Waals surface area (Å²) in [7, 11) is 0. The summed E-state index contributed by atoms with van der Waals surface area (Å²) in [5, 5.41) is 10.1. The fourth-order valence-corrected chi connectivity index (χ4v) is 2.25. The number of aliphatic hydroxyl groups is 1. The van der Waals surface area contributed by atoms with Crippen LogP contribution in [0, 0.1) is 5.92 Å². The molecule has 1 aromatic rings. The van der Waals surface area contributed by atoms with Crippen LogP contribution in [0.3, 0.4) is 0 Å². The summed E-state index contributed by atoms with van der Waals surface area (Å²) in [5.74, 6) is 1.47. The first kappa shape index (κ1) is 15.1. The third-order valence-electron chi connectivity index (χ3n) is 3.72. The van der Waals surface area contributed by atoms with Crippen LogP contribution in [0.2, 0.25) is 0 Å². The van der Waals surface area contributed by atoms with Gasteiger partial charge in [0, 0.05) is 19.1 Å². The van der Waals surface area contributed by atoms with E-state index in [2.05, 4.69) is 18.7 Å². The highest BCUT2D eigenvalue weighted by Crippen LogP contribution is 2.30. The van der Waals surface area contributed by atoms with Gasteiger partial charge in [0.15, 0.2) is 0 Å². The lowest BCUT2D eigenvalue weighted by Gasteiger charge is -2.28. The molecule has 1 aliphatic rings. The Balaban J connectivity index is 1.78. The van der Waals surface area contributed by atoms with Crippen molar-refractivity contribution >= 4 is 5.69 Å². The van der Waals surface area contributed by atoms with E-state index in [1.54, 1.807) is 6.07 Å². The van der Waals surface area contributed by atoms with E-state index in [0.717, 1.165) is 12.5 Å². The van der Waals surface area contributed by atoms with Gasteiger partial charge in [-0.15, -0.1) is 0 Å². The molecule has 0 heterocycles. The Bertz CT molecular complexity index is 419. The molecular weight excluding hydrogens is 252 g/mol. The second kappa shape index (κ2) is 6.95. The van der Waals surface area contributed by atoms with Crippen molar-refractivity contribution in [3.8, 4) is 5.75 Å². The van der Waals surface area contributed by atoms with Gasteiger partial charge in [-0.1, -0.05) is 12.1 Å². The predicted molar refractivity (Wildman–Crippen MR) is 81.8 cm³/mol. The van der Waals surface area contributed by atoms with Crippen molar-refractivity contribution in [2.75, 3.05) is 25.4 Å². The van der Waals surface area contributed by atoms with Crippen molar-refractivity contribution in [3.05, 3.63) is 24.3 Å². The van der Waals surface area contributed by atoms with E-state index in [9.17, 15) is 5.11 Å². The number of nitrogens with zero attached hydrogens (tertiary/aromatic N) is 1. The van der Waals surface area contributed by atoms with Crippen molar-refractivity contribution in [1.82, 2.24) is 4.90 Å². The zero-order valence-electron chi connectivity index (χ0n) is 12.5. The molecule has 0 aliphatic heterocycles. The summed E-state index contributed by atoms with van der Waals surface area (Å²) in [5.41, 5.74) is 6.42. The number of ether oxygens (including phenoxy) is 1. The smallest absolute Gasteiger partial charge is 0.142 e. The van der Waals surface area contributed by atoms with Crippen LogP contribution in [-0.2, 0) is 0 Å². The van der Waals surface area contributed by atoms with Crippen molar-refractivity contribution in [2.45, 2.75) is 38.8 Å². The minimum atomic E-state index is -0.490. The summed E-state index contributed by atoms with van der Waals surface area (Å²) in [4.78, 5) is 2.33. The maximum absolute atomic E-state index is 10.1. The van der Waals surface area contributed by atoms with Crippen LogP contribution >= 0.6 is 0 Å². The predicted octanol–water partition coefficient (Wildman–Crippen LogP) is 2.13. The van der Waals surface area contributed by atoms with Crippen LogP contribution in [0.5, 0.6) is 5.75 Å². The Morgan fingerprint density at radius 1 is 1.35 bits per heavy atom. The first-order chi connectivity index (χ1) is 9.56. The largest absolute Gasteiger partial charge is 0.489 e. The van der Waals surface area contributed by atoms with Crippen molar-refractivity contribution < 1.29 is 9.84 Å². The van der Waals surface area contributed by atoms with Crippen LogP contribution < -0.4 is 10.5 Å². The minimum Gasteiger partial charge on any atom is -0.489 e. The van der Waals surface area contributed by atoms with E-state index in [4.69, 9.17) is 10.5 Å². The average molecular weight is 278 g/mol. The van der Waals surface area contributed by atoms with Gasteiger partial charge in [-0.25, -0.2) is 0 Å². The van der Waals surface area contributed by atoms with E-state index in [1.807, 2.05) is 18.2 Å². The van der Waals surface area contributed by atoms with E-state index >= 15 is 0 Å². The molecule has 2 rings (SSSR count). The standard InChI is InChI=1S/C16H26N2O2/c1-12(2)18(9-13-7-8-13)10-14(19)11-20-16-6-4-3-5-15(16)17/h3-6,12-14,19H,7-11,17H2,1-2H3. The number of hydrogen-bond donors (Lipinski definition) is 2. The van der Waals surface area contributed by atoms with E-state index in [1.165, 1.54) is 12.8 Å². The minimum absolute atomic E-state index is 0.280. The van der Waals surface area contributed by atoms with Crippen LogP contribution in [0.4, 0.5) is 5.69 Å². The number of nitrogen functional groups attached to an aromatic ring is 1. The van der Waals surface area contributed by atoms with Gasteiger partial charge in [0.1, 0.15) is 18.5 Å². The zero-order chi connectivity index (χ0) is 14.5. The molecule has 112 valence electrons. The quantitative estimate of drug-likeness (QED) is 0.715. The molecule has 1 atom stereocenters. The number of benzene rings is 1. The van der Waals surface area contributed by atoms with E-state index < -0.39 is 6.10 Å². The maximum Gasteiger partial charge on any atom is 0.142 e. The van der Waals surface area contributed by atoms with Crippen molar-refractivity contribution in [1.29, 1.82) is 0 Å². The molecule has 0 saturated heterocycles. The highest BCUT2D eigenvalue weighted by molar-refractivity contribution is 5.51. The molecule has 1 aliphatic carbocycles. The van der Waals surface area contributed by atoms with Crippen LogP contribution in [-0.4, -0.2) is 41.8 Å². The van der Waals surface area contributed by atoms with E-state index in [0.29, 0.717) is 24.0 Å². The Morgan fingerprint density at radius 2 is 2.05 bits per heavy atom. The lowest BCUT2D eigenvalue weighted by atomic mass is 10.2. The number of rotatable bonds is 8. The number of para-hydroxylation sites is 2. The molecule has 0 spiro atoms. The molecule has 1 fully saturated rings. The highest BCUT2D eigenvalue weighted by atomic mass is 16.5. The SMILES string of the molecule is CC(C)N(CC(O)COc1ccccc1N)CC1CC1. The van der Waals surface area contributed by atoms with Gasteiger partial charge in [-0.3, -0.25) is 4.90 Å². The Morgan fingerprint density at radius 3 is 2.65 bits per heavy atom. The van der Waals surface area contributed by atoms with Crippen LogP contribution in [0.25, 0.3) is 0 Å².